The van der Waals surface area contributed by atoms with E-state index in [-0.39, 0.29) is 5.91 Å². The number of nitrogens with one attached hydrogen (secondary N) is 1. The lowest BCUT2D eigenvalue weighted by molar-refractivity contribution is 0.0936. The fourth-order valence-corrected chi connectivity index (χ4v) is 5.91. The molecule has 1 unspecified atom stereocenters. The van der Waals surface area contributed by atoms with Crippen LogP contribution < -0.4 is 5.32 Å². The molecular formula is C25H29ClN2OS. The van der Waals surface area contributed by atoms with Crippen molar-refractivity contribution in [3.63, 3.8) is 0 Å². The normalized spacial score (nSPS) is 20.4. The molecule has 158 valence electrons. The standard InChI is InChI=1S/C25H29ClN2OS/c1-28(2)24(19-11-13-20(26)14-12-19)18-9-7-17(8-10-18)15-27-25(29)22-16-30-23-6-4-3-5-21(22)23/h3-6,11-14,16-18,24H,7-10,15H2,1-2H3,(H,27,29). The summed E-state index contributed by atoms with van der Waals surface area (Å²) in [5.74, 6) is 1.25. The van der Waals surface area contributed by atoms with Gasteiger partial charge in [-0.25, -0.2) is 0 Å². The van der Waals surface area contributed by atoms with Crippen LogP contribution >= 0.6 is 22.9 Å². The Morgan fingerprint density at radius 3 is 2.50 bits per heavy atom. The Morgan fingerprint density at radius 2 is 1.80 bits per heavy atom. The first kappa shape index (κ1) is 21.4. The number of thiophene rings is 1. The summed E-state index contributed by atoms with van der Waals surface area (Å²) in [6.45, 7) is 0.767. The molecule has 30 heavy (non-hydrogen) atoms. The largest absolute Gasteiger partial charge is 0.352 e. The van der Waals surface area contributed by atoms with Crippen molar-refractivity contribution in [2.45, 2.75) is 31.7 Å². The topological polar surface area (TPSA) is 32.3 Å². The predicted molar refractivity (Wildman–Crippen MR) is 127 cm³/mol. The number of benzene rings is 2. The van der Waals surface area contributed by atoms with E-state index in [4.69, 9.17) is 11.6 Å². The van der Waals surface area contributed by atoms with Crippen LogP contribution in [0.25, 0.3) is 10.1 Å². The second-order valence-corrected chi connectivity index (χ2v) is 9.94. The molecule has 0 bridgehead atoms. The van der Waals surface area contributed by atoms with Gasteiger partial charge in [0.1, 0.15) is 0 Å². The molecule has 5 heteroatoms. The van der Waals surface area contributed by atoms with Gasteiger partial charge in [0, 0.05) is 33.1 Å². The van der Waals surface area contributed by atoms with Crippen LogP contribution in [0.4, 0.5) is 0 Å². The number of carbonyl (C=O) groups is 1. The van der Waals surface area contributed by atoms with Crippen LogP contribution in [0.15, 0.2) is 53.9 Å². The second kappa shape index (κ2) is 9.51. The lowest BCUT2D eigenvalue weighted by Gasteiger charge is -2.37. The van der Waals surface area contributed by atoms with Gasteiger partial charge in [-0.05, 0) is 75.4 Å². The van der Waals surface area contributed by atoms with Gasteiger partial charge in [-0.1, -0.05) is 41.9 Å². The molecule has 1 aliphatic carbocycles. The molecule has 1 saturated carbocycles. The molecule has 2 aromatic carbocycles. The molecule has 1 fully saturated rings. The van der Waals surface area contributed by atoms with Crippen LogP contribution in [0.2, 0.25) is 5.02 Å². The Balaban J connectivity index is 1.33. The van der Waals surface area contributed by atoms with Gasteiger partial charge in [0.15, 0.2) is 0 Å². The van der Waals surface area contributed by atoms with Gasteiger partial charge < -0.3 is 10.2 Å². The minimum atomic E-state index is 0.0573. The number of amides is 1. The van der Waals surface area contributed by atoms with Crippen molar-refractivity contribution in [3.8, 4) is 0 Å². The first-order valence-corrected chi connectivity index (χ1v) is 11.9. The molecule has 3 nitrogen and oxygen atoms in total. The van der Waals surface area contributed by atoms with Crippen LogP contribution in [0.5, 0.6) is 0 Å². The van der Waals surface area contributed by atoms with Crippen LogP contribution in [0, 0.1) is 11.8 Å². The van der Waals surface area contributed by atoms with E-state index in [0.717, 1.165) is 35.4 Å². The third kappa shape index (κ3) is 4.72. The molecule has 1 atom stereocenters. The third-order valence-electron chi connectivity index (χ3n) is 6.38. The number of halogens is 1. The average molecular weight is 441 g/mol. The predicted octanol–water partition coefficient (Wildman–Crippen LogP) is 6.39. The van der Waals surface area contributed by atoms with E-state index >= 15 is 0 Å². The van der Waals surface area contributed by atoms with E-state index in [2.05, 4.69) is 42.5 Å². The maximum Gasteiger partial charge on any atom is 0.252 e. The van der Waals surface area contributed by atoms with E-state index in [9.17, 15) is 4.79 Å². The Kier molecular flexibility index (Phi) is 6.77. The molecule has 3 aromatic rings. The monoisotopic (exact) mass is 440 g/mol. The summed E-state index contributed by atoms with van der Waals surface area (Å²) in [4.78, 5) is 15.0. The number of nitrogens with zero attached hydrogens (tertiary/aromatic N) is 1. The Morgan fingerprint density at radius 1 is 1.10 bits per heavy atom. The molecule has 0 radical (unpaired) electrons. The molecule has 0 spiro atoms. The summed E-state index contributed by atoms with van der Waals surface area (Å²) in [6.07, 6.45) is 4.70. The van der Waals surface area contributed by atoms with Crippen LogP contribution in [-0.4, -0.2) is 31.4 Å². The van der Waals surface area contributed by atoms with Gasteiger partial charge in [0.25, 0.3) is 5.91 Å². The first-order valence-electron chi connectivity index (χ1n) is 10.7. The lowest BCUT2D eigenvalue weighted by atomic mass is 9.76. The fraction of sp³-hybridized carbons (Fsp3) is 0.400. The van der Waals surface area contributed by atoms with Gasteiger partial charge in [-0.15, -0.1) is 11.3 Å². The van der Waals surface area contributed by atoms with E-state index in [1.165, 1.54) is 23.1 Å². The molecule has 1 aromatic heterocycles. The van der Waals surface area contributed by atoms with Crippen molar-refractivity contribution in [1.29, 1.82) is 0 Å². The molecule has 1 amide bonds. The molecule has 1 aliphatic rings. The SMILES string of the molecule is CN(C)C(c1ccc(Cl)cc1)C1CCC(CNC(=O)c2csc3ccccc23)CC1. The molecule has 0 aliphatic heterocycles. The molecule has 0 saturated heterocycles. The number of rotatable bonds is 6. The molecule has 4 rings (SSSR count). The number of carbonyl (C=O) groups excluding carboxylic acids is 1. The van der Waals surface area contributed by atoms with Gasteiger partial charge in [0.05, 0.1) is 5.56 Å². The van der Waals surface area contributed by atoms with Crippen molar-refractivity contribution < 1.29 is 4.79 Å². The highest BCUT2D eigenvalue weighted by Crippen LogP contribution is 2.39. The zero-order valence-electron chi connectivity index (χ0n) is 17.6. The van der Waals surface area contributed by atoms with Crippen molar-refractivity contribution >= 4 is 38.9 Å². The summed E-state index contributed by atoms with van der Waals surface area (Å²) < 4.78 is 1.17. The van der Waals surface area contributed by atoms with Crippen LogP contribution in [0.1, 0.15) is 47.6 Å². The highest BCUT2D eigenvalue weighted by atomic mass is 35.5. The first-order chi connectivity index (χ1) is 14.5. The van der Waals surface area contributed by atoms with Crippen LogP contribution in [-0.2, 0) is 0 Å². The van der Waals surface area contributed by atoms with Gasteiger partial charge in [-0.3, -0.25) is 4.79 Å². The van der Waals surface area contributed by atoms with Crippen molar-refractivity contribution in [2.75, 3.05) is 20.6 Å². The number of hydrogen-bond donors (Lipinski definition) is 1. The Hall–Kier alpha value is -1.88. The maximum atomic E-state index is 12.7. The zero-order chi connectivity index (χ0) is 21.1. The molecule has 1 heterocycles. The summed E-state index contributed by atoms with van der Waals surface area (Å²) >= 11 is 7.72. The van der Waals surface area contributed by atoms with Gasteiger partial charge >= 0.3 is 0 Å². The van der Waals surface area contributed by atoms with Crippen molar-refractivity contribution in [2.24, 2.45) is 11.8 Å². The fourth-order valence-electron chi connectivity index (χ4n) is 4.85. The smallest absolute Gasteiger partial charge is 0.252 e. The highest BCUT2D eigenvalue weighted by molar-refractivity contribution is 7.17. The summed E-state index contributed by atoms with van der Waals surface area (Å²) in [6, 6.07) is 16.8. The van der Waals surface area contributed by atoms with Crippen LogP contribution in [0.3, 0.4) is 0 Å². The summed E-state index contributed by atoms with van der Waals surface area (Å²) in [7, 11) is 4.33. The maximum absolute atomic E-state index is 12.7. The second-order valence-electron chi connectivity index (χ2n) is 8.60. The van der Waals surface area contributed by atoms with Crippen molar-refractivity contribution in [3.05, 3.63) is 70.1 Å². The number of hydrogen-bond acceptors (Lipinski definition) is 3. The molecular weight excluding hydrogens is 412 g/mol. The summed E-state index contributed by atoms with van der Waals surface area (Å²) in [5.41, 5.74) is 2.14. The van der Waals surface area contributed by atoms with Crippen molar-refractivity contribution in [1.82, 2.24) is 10.2 Å². The van der Waals surface area contributed by atoms with E-state index < -0.39 is 0 Å². The lowest BCUT2D eigenvalue weighted by Crippen LogP contribution is -2.34. The van der Waals surface area contributed by atoms with Gasteiger partial charge in [0.2, 0.25) is 0 Å². The number of fused-ring (bicyclic) bond motifs is 1. The van der Waals surface area contributed by atoms with E-state index in [1.54, 1.807) is 11.3 Å². The average Bonchev–Trinajstić information content (AvgIpc) is 3.18. The summed E-state index contributed by atoms with van der Waals surface area (Å²) in [5, 5.41) is 7.01. The van der Waals surface area contributed by atoms with E-state index in [0.29, 0.717) is 17.9 Å². The highest BCUT2D eigenvalue weighted by Gasteiger charge is 2.30. The minimum Gasteiger partial charge on any atom is -0.352 e. The Labute approximate surface area is 188 Å². The Bertz CT molecular complexity index is 990. The third-order valence-corrected chi connectivity index (χ3v) is 7.60. The van der Waals surface area contributed by atoms with Gasteiger partial charge in [-0.2, -0.15) is 0 Å². The molecule has 1 N–H and O–H groups in total. The van der Waals surface area contributed by atoms with E-state index in [1.807, 2.05) is 35.7 Å². The minimum absolute atomic E-state index is 0.0573. The zero-order valence-corrected chi connectivity index (χ0v) is 19.2. The quantitative estimate of drug-likeness (QED) is 0.481.